The lowest BCUT2D eigenvalue weighted by Crippen LogP contribution is -2.43. The van der Waals surface area contributed by atoms with Gasteiger partial charge in [-0.05, 0) is 5.92 Å². The second-order valence-corrected chi connectivity index (χ2v) is 6.51. The largest absolute Gasteiger partial charge is 0.469 e. The summed E-state index contributed by atoms with van der Waals surface area (Å²) in [5.74, 6) is -0.401. The lowest BCUT2D eigenvalue weighted by atomic mass is 9.97. The van der Waals surface area contributed by atoms with Gasteiger partial charge in [0, 0.05) is 20.1 Å². The average Bonchev–Trinajstić information content (AvgIpc) is 2.43. The maximum Gasteiger partial charge on any atom is 0.306 e. The third-order valence-electron chi connectivity index (χ3n) is 3.34. The molecule has 0 radical (unpaired) electrons. The number of esters is 1. The zero-order valence-corrected chi connectivity index (χ0v) is 13.4. The third kappa shape index (κ3) is 6.65. The molecule has 7 nitrogen and oxygen atoms in total. The van der Waals surface area contributed by atoms with Gasteiger partial charge in [0.25, 0.3) is 10.2 Å². The van der Waals surface area contributed by atoms with Gasteiger partial charge in [0.2, 0.25) is 0 Å². The van der Waals surface area contributed by atoms with Crippen LogP contribution in [0.2, 0.25) is 0 Å². The maximum atomic E-state index is 11.9. The fourth-order valence-corrected chi connectivity index (χ4v) is 2.70. The van der Waals surface area contributed by atoms with E-state index in [4.69, 9.17) is 0 Å². The average molecular weight is 310 g/mol. The Labute approximate surface area is 121 Å². The van der Waals surface area contributed by atoms with E-state index in [0.29, 0.717) is 0 Å². The first-order chi connectivity index (χ1) is 9.28. The Balaban J connectivity index is 4.33. The van der Waals surface area contributed by atoms with Crippen molar-refractivity contribution in [3.8, 4) is 0 Å². The highest BCUT2D eigenvalue weighted by Crippen LogP contribution is 2.12. The van der Waals surface area contributed by atoms with Crippen molar-refractivity contribution in [2.75, 3.05) is 27.2 Å². The van der Waals surface area contributed by atoms with Gasteiger partial charge in [-0.25, -0.2) is 0 Å². The minimum absolute atomic E-state index is 0.0109. The first kappa shape index (κ1) is 19.3. The molecule has 0 aromatic rings. The number of ether oxygens (including phenoxy) is 1. The summed E-state index contributed by atoms with van der Waals surface area (Å²) < 4.78 is 31.6. The molecule has 0 aliphatic rings. The van der Waals surface area contributed by atoms with Crippen molar-refractivity contribution in [1.82, 2.24) is 9.03 Å². The zero-order chi connectivity index (χ0) is 15.8. The van der Waals surface area contributed by atoms with Crippen molar-refractivity contribution in [3.63, 3.8) is 0 Å². The summed E-state index contributed by atoms with van der Waals surface area (Å²) in [5, 5.41) is 9.89. The number of hydrogen-bond donors (Lipinski definition) is 2. The van der Waals surface area contributed by atoms with Crippen LogP contribution in [-0.4, -0.2) is 57.1 Å². The van der Waals surface area contributed by atoms with E-state index >= 15 is 0 Å². The molecule has 0 aromatic heterocycles. The Morgan fingerprint density at radius 3 is 2.35 bits per heavy atom. The molecule has 0 saturated carbocycles. The standard InChI is InChI=1S/C12H26N2O5S/c1-5-10(6-2)11(15)9-13-20(17,18)14(3)8-7-12(16)19-4/h10-11,13,15H,5-9H2,1-4H3. The topological polar surface area (TPSA) is 95.9 Å². The zero-order valence-electron chi connectivity index (χ0n) is 12.6. The van der Waals surface area contributed by atoms with Crippen LogP contribution in [0, 0.1) is 5.92 Å². The van der Waals surface area contributed by atoms with Crippen LogP contribution in [-0.2, 0) is 19.7 Å². The molecule has 20 heavy (non-hydrogen) atoms. The maximum absolute atomic E-state index is 11.9. The number of aliphatic hydroxyl groups is 1. The van der Waals surface area contributed by atoms with Gasteiger partial charge in [0.15, 0.2) is 0 Å². The number of carbonyl (C=O) groups excluding carboxylic acids is 1. The van der Waals surface area contributed by atoms with Gasteiger partial charge in [0.05, 0.1) is 19.6 Å². The third-order valence-corrected chi connectivity index (χ3v) is 4.87. The predicted molar refractivity (Wildman–Crippen MR) is 76.3 cm³/mol. The molecule has 0 amide bonds. The van der Waals surface area contributed by atoms with Crippen molar-refractivity contribution in [1.29, 1.82) is 0 Å². The summed E-state index contributed by atoms with van der Waals surface area (Å²) in [4.78, 5) is 11.0. The second kappa shape index (κ2) is 9.28. The number of nitrogens with one attached hydrogen (secondary N) is 1. The summed E-state index contributed by atoms with van der Waals surface area (Å²) >= 11 is 0. The first-order valence-corrected chi connectivity index (χ1v) is 8.18. The molecule has 0 rings (SSSR count). The van der Waals surface area contributed by atoms with Crippen LogP contribution in [0.15, 0.2) is 0 Å². The molecule has 2 N–H and O–H groups in total. The highest BCUT2D eigenvalue weighted by molar-refractivity contribution is 7.87. The Bertz CT molecular complexity index is 381. The molecule has 8 heteroatoms. The highest BCUT2D eigenvalue weighted by Gasteiger charge is 2.22. The van der Waals surface area contributed by atoms with Gasteiger partial charge in [-0.15, -0.1) is 0 Å². The SMILES string of the molecule is CCC(CC)C(O)CNS(=O)(=O)N(C)CCC(=O)OC. The fraction of sp³-hybridized carbons (Fsp3) is 0.917. The molecule has 0 heterocycles. The van der Waals surface area contributed by atoms with E-state index in [1.165, 1.54) is 14.2 Å². The Hall–Kier alpha value is -0.700. The fourth-order valence-electron chi connectivity index (χ4n) is 1.77. The van der Waals surface area contributed by atoms with Crippen LogP contribution in [0.1, 0.15) is 33.1 Å². The molecule has 0 aliphatic carbocycles. The number of carbonyl (C=O) groups is 1. The molecule has 0 spiro atoms. The Morgan fingerprint density at radius 2 is 1.90 bits per heavy atom. The molecule has 120 valence electrons. The number of methoxy groups -OCH3 is 1. The van der Waals surface area contributed by atoms with E-state index in [1.54, 1.807) is 0 Å². The van der Waals surface area contributed by atoms with Gasteiger partial charge >= 0.3 is 5.97 Å². The van der Waals surface area contributed by atoms with Gasteiger partial charge < -0.3 is 9.84 Å². The number of hydrogen-bond acceptors (Lipinski definition) is 5. The lowest BCUT2D eigenvalue weighted by molar-refractivity contribution is -0.140. The first-order valence-electron chi connectivity index (χ1n) is 6.74. The number of nitrogens with zero attached hydrogens (tertiary/aromatic N) is 1. The van der Waals surface area contributed by atoms with Crippen LogP contribution < -0.4 is 4.72 Å². The summed E-state index contributed by atoms with van der Waals surface area (Å²) in [6.07, 6.45) is 0.854. The predicted octanol–water partition coefficient (Wildman–Crippen LogP) is 0.113. The Kier molecular flexibility index (Phi) is 8.95. The number of rotatable bonds is 10. The van der Waals surface area contributed by atoms with Gasteiger partial charge in [0.1, 0.15) is 0 Å². The summed E-state index contributed by atoms with van der Waals surface area (Å²) in [6.45, 7) is 3.91. The smallest absolute Gasteiger partial charge is 0.306 e. The van der Waals surface area contributed by atoms with Gasteiger partial charge in [-0.1, -0.05) is 26.7 Å². The second-order valence-electron chi connectivity index (χ2n) is 4.65. The minimum atomic E-state index is -3.69. The van der Waals surface area contributed by atoms with Gasteiger partial charge in [-0.2, -0.15) is 17.4 Å². The van der Waals surface area contributed by atoms with Crippen molar-refractivity contribution in [3.05, 3.63) is 0 Å². The van der Waals surface area contributed by atoms with Gasteiger partial charge in [-0.3, -0.25) is 4.79 Å². The van der Waals surface area contributed by atoms with Crippen molar-refractivity contribution >= 4 is 16.2 Å². The minimum Gasteiger partial charge on any atom is -0.469 e. The molecule has 1 atom stereocenters. The number of aliphatic hydroxyl groups excluding tert-OH is 1. The van der Waals surface area contributed by atoms with Crippen LogP contribution in [0.3, 0.4) is 0 Å². The monoisotopic (exact) mass is 310 g/mol. The Morgan fingerprint density at radius 1 is 1.35 bits per heavy atom. The molecule has 0 aromatic carbocycles. The normalized spacial score (nSPS) is 13.8. The van der Waals surface area contributed by atoms with Crippen molar-refractivity contribution < 1.29 is 23.1 Å². The molecular formula is C12H26N2O5S. The van der Waals surface area contributed by atoms with Crippen LogP contribution >= 0.6 is 0 Å². The lowest BCUT2D eigenvalue weighted by Gasteiger charge is -2.22. The summed E-state index contributed by atoms with van der Waals surface area (Å²) in [6, 6.07) is 0. The van der Waals surface area contributed by atoms with E-state index in [1.807, 2.05) is 13.8 Å². The quantitative estimate of drug-likeness (QED) is 0.558. The molecule has 0 fully saturated rings. The molecule has 1 unspecified atom stereocenters. The van der Waals surface area contributed by atoms with Crippen LogP contribution in [0.4, 0.5) is 0 Å². The molecular weight excluding hydrogens is 284 g/mol. The van der Waals surface area contributed by atoms with E-state index < -0.39 is 22.3 Å². The van der Waals surface area contributed by atoms with Crippen molar-refractivity contribution in [2.45, 2.75) is 39.2 Å². The van der Waals surface area contributed by atoms with E-state index in [9.17, 15) is 18.3 Å². The molecule has 0 aliphatic heterocycles. The van der Waals surface area contributed by atoms with E-state index in [-0.39, 0.29) is 25.4 Å². The highest BCUT2D eigenvalue weighted by atomic mass is 32.2. The summed E-state index contributed by atoms with van der Waals surface area (Å²) in [5.41, 5.74) is 0. The van der Waals surface area contributed by atoms with E-state index in [2.05, 4.69) is 9.46 Å². The van der Waals surface area contributed by atoms with Crippen LogP contribution in [0.5, 0.6) is 0 Å². The molecule has 0 bridgehead atoms. The molecule has 0 saturated heterocycles. The van der Waals surface area contributed by atoms with Crippen LogP contribution in [0.25, 0.3) is 0 Å². The summed E-state index contributed by atoms with van der Waals surface area (Å²) in [7, 11) is -1.07. The van der Waals surface area contributed by atoms with E-state index in [0.717, 1.165) is 17.1 Å². The van der Waals surface area contributed by atoms with Crippen molar-refractivity contribution in [2.24, 2.45) is 5.92 Å².